The predicted octanol–water partition coefficient (Wildman–Crippen LogP) is 2.25. The smallest absolute Gasteiger partial charge is 0.246 e. The van der Waals surface area contributed by atoms with Gasteiger partial charge in [-0.3, -0.25) is 4.79 Å². The van der Waals surface area contributed by atoms with Gasteiger partial charge in [-0.2, -0.15) is 15.4 Å². The largest absolute Gasteiger partial charge is 0.497 e. The summed E-state index contributed by atoms with van der Waals surface area (Å²) in [7, 11) is 3.30. The fourth-order valence-corrected chi connectivity index (χ4v) is 3.30. The number of methoxy groups -OCH3 is 2. The van der Waals surface area contributed by atoms with Crippen molar-refractivity contribution < 1.29 is 14.3 Å². The van der Waals surface area contributed by atoms with Crippen molar-refractivity contribution in [1.29, 1.82) is 0 Å². The quantitative estimate of drug-likeness (QED) is 0.803. The molecule has 1 aromatic carbocycles. The van der Waals surface area contributed by atoms with Crippen LogP contribution in [0.2, 0.25) is 0 Å². The molecule has 1 N–H and O–H groups in total. The van der Waals surface area contributed by atoms with E-state index in [-0.39, 0.29) is 17.9 Å². The summed E-state index contributed by atoms with van der Waals surface area (Å²) in [5.74, 6) is 0.821. The number of ether oxygens (including phenoxy) is 2. The molecule has 1 aliphatic rings. The molecule has 2 atom stereocenters. The lowest BCUT2D eigenvalue weighted by atomic mass is 10.0. The Morgan fingerprint density at radius 2 is 2.08 bits per heavy atom. The lowest BCUT2D eigenvalue weighted by Crippen LogP contribution is -2.28. The molecule has 7 heteroatoms. The number of nitrogens with zero attached hydrogens (tertiary/aromatic N) is 3. The van der Waals surface area contributed by atoms with E-state index in [1.807, 2.05) is 36.1 Å². The van der Waals surface area contributed by atoms with Gasteiger partial charge in [0.2, 0.25) is 5.91 Å². The normalized spacial score (nSPS) is 20.4. The lowest BCUT2D eigenvalue weighted by Gasteiger charge is -2.15. The minimum Gasteiger partial charge on any atom is -0.497 e. The van der Waals surface area contributed by atoms with Crippen LogP contribution in [-0.2, 0) is 9.53 Å². The Labute approximate surface area is 153 Å². The first-order valence-electron chi connectivity index (χ1n) is 8.68. The molecule has 0 radical (unpaired) electrons. The van der Waals surface area contributed by atoms with E-state index in [1.165, 1.54) is 0 Å². The van der Waals surface area contributed by atoms with E-state index in [0.717, 1.165) is 29.0 Å². The number of rotatable bonds is 6. The highest BCUT2D eigenvalue weighted by Crippen LogP contribution is 2.29. The number of likely N-dealkylation sites (tertiary alicyclic amines) is 1. The number of aromatic amines is 1. The van der Waals surface area contributed by atoms with Crippen molar-refractivity contribution in [3.8, 4) is 5.75 Å². The number of benzene rings is 1. The van der Waals surface area contributed by atoms with Crippen LogP contribution < -0.4 is 4.74 Å². The van der Waals surface area contributed by atoms with E-state index in [1.54, 1.807) is 26.5 Å². The van der Waals surface area contributed by atoms with Crippen LogP contribution >= 0.6 is 0 Å². The van der Waals surface area contributed by atoms with Crippen molar-refractivity contribution in [1.82, 2.24) is 20.3 Å². The topological polar surface area (TPSA) is 80.3 Å². The number of hydrogen-bond donors (Lipinski definition) is 1. The van der Waals surface area contributed by atoms with Gasteiger partial charge < -0.3 is 14.4 Å². The average Bonchev–Trinajstić information content (AvgIpc) is 3.35. The molecule has 1 amide bonds. The first-order chi connectivity index (χ1) is 12.7. The summed E-state index contributed by atoms with van der Waals surface area (Å²) in [5.41, 5.74) is 2.84. The first-order valence-corrected chi connectivity index (χ1v) is 8.68. The van der Waals surface area contributed by atoms with E-state index in [2.05, 4.69) is 15.4 Å². The van der Waals surface area contributed by atoms with E-state index in [0.29, 0.717) is 13.1 Å². The molecule has 0 unspecified atom stereocenters. The minimum absolute atomic E-state index is 0.00860. The molecule has 0 saturated carbocycles. The molecule has 0 bridgehead atoms. The van der Waals surface area contributed by atoms with Crippen LogP contribution in [0.25, 0.3) is 5.57 Å². The Hall–Kier alpha value is -2.67. The second kappa shape index (κ2) is 8.14. The molecule has 0 aliphatic carbocycles. The molecule has 3 rings (SSSR count). The fraction of sp³-hybridized carbons (Fsp3) is 0.421. The standard InChI is InChI=1S/C19H24N4O3/c1-4-13(14-5-7-15(25-2)8-6-14)9-19(24)23-11-16(18(12-23)26-3)17-10-20-22-21-17/h5-10,16,18H,4,11-12H2,1-3H3,(H,20,21,22)/b13-9+/t16-,18+/m0/s1. The van der Waals surface area contributed by atoms with E-state index < -0.39 is 0 Å². The molecule has 1 aromatic heterocycles. The van der Waals surface area contributed by atoms with Gasteiger partial charge in [-0.25, -0.2) is 0 Å². The van der Waals surface area contributed by atoms with Crippen molar-refractivity contribution in [2.75, 3.05) is 27.3 Å². The Kier molecular flexibility index (Phi) is 5.68. The Morgan fingerprint density at radius 3 is 2.65 bits per heavy atom. The van der Waals surface area contributed by atoms with Gasteiger partial charge in [0, 0.05) is 26.3 Å². The van der Waals surface area contributed by atoms with Crippen LogP contribution in [0.15, 0.2) is 36.5 Å². The van der Waals surface area contributed by atoms with Crippen molar-refractivity contribution in [2.24, 2.45) is 0 Å². The Balaban J connectivity index is 1.76. The summed E-state index contributed by atoms with van der Waals surface area (Å²) in [4.78, 5) is 14.6. The molecule has 7 nitrogen and oxygen atoms in total. The second-order valence-corrected chi connectivity index (χ2v) is 6.27. The Morgan fingerprint density at radius 1 is 1.31 bits per heavy atom. The van der Waals surface area contributed by atoms with Gasteiger partial charge in [0.25, 0.3) is 0 Å². The van der Waals surface area contributed by atoms with Crippen LogP contribution in [0, 0.1) is 0 Å². The van der Waals surface area contributed by atoms with E-state index in [4.69, 9.17) is 9.47 Å². The van der Waals surface area contributed by atoms with Gasteiger partial charge in [0.1, 0.15) is 5.75 Å². The van der Waals surface area contributed by atoms with Gasteiger partial charge in [0.05, 0.1) is 31.0 Å². The monoisotopic (exact) mass is 356 g/mol. The number of carbonyl (C=O) groups excluding carboxylic acids is 1. The number of amides is 1. The summed E-state index contributed by atoms with van der Waals surface area (Å²) in [6.07, 6.45) is 4.10. The highest BCUT2D eigenvalue weighted by atomic mass is 16.5. The summed E-state index contributed by atoms with van der Waals surface area (Å²) in [6, 6.07) is 7.75. The maximum atomic E-state index is 12.8. The third kappa shape index (κ3) is 3.77. The molecule has 1 saturated heterocycles. The van der Waals surface area contributed by atoms with Gasteiger partial charge >= 0.3 is 0 Å². The van der Waals surface area contributed by atoms with Crippen LogP contribution in [0.1, 0.15) is 30.5 Å². The van der Waals surface area contributed by atoms with Gasteiger partial charge in [-0.1, -0.05) is 19.1 Å². The molecule has 26 heavy (non-hydrogen) atoms. The predicted molar refractivity (Wildman–Crippen MR) is 97.8 cm³/mol. The average molecular weight is 356 g/mol. The first kappa shape index (κ1) is 18.1. The molecule has 0 spiro atoms. The second-order valence-electron chi connectivity index (χ2n) is 6.27. The third-order valence-corrected chi connectivity index (χ3v) is 4.83. The maximum absolute atomic E-state index is 12.8. The zero-order valence-electron chi connectivity index (χ0n) is 15.3. The van der Waals surface area contributed by atoms with E-state index >= 15 is 0 Å². The van der Waals surface area contributed by atoms with Gasteiger partial charge in [-0.05, 0) is 29.7 Å². The summed E-state index contributed by atoms with van der Waals surface area (Å²) >= 11 is 0. The number of allylic oxidation sites excluding steroid dienone is 1. The zero-order valence-corrected chi connectivity index (χ0v) is 15.3. The highest BCUT2D eigenvalue weighted by molar-refractivity contribution is 5.95. The molecule has 138 valence electrons. The summed E-state index contributed by atoms with van der Waals surface area (Å²) in [6.45, 7) is 3.16. The molecule has 2 aromatic rings. The lowest BCUT2D eigenvalue weighted by molar-refractivity contribution is -0.125. The number of nitrogens with one attached hydrogen (secondary N) is 1. The number of aromatic nitrogens is 3. The summed E-state index contributed by atoms with van der Waals surface area (Å²) < 4.78 is 10.8. The highest BCUT2D eigenvalue weighted by Gasteiger charge is 2.37. The fourth-order valence-electron chi connectivity index (χ4n) is 3.30. The minimum atomic E-state index is -0.0801. The van der Waals surface area contributed by atoms with E-state index in [9.17, 15) is 4.79 Å². The molecule has 1 fully saturated rings. The SMILES string of the molecule is CC/C(=C\C(=O)N1C[C@@H](OC)[C@H](c2cn[nH]n2)C1)c1ccc(OC)cc1. The number of H-pyrrole nitrogens is 1. The summed E-state index contributed by atoms with van der Waals surface area (Å²) in [5, 5.41) is 10.6. The Bertz CT molecular complexity index is 756. The number of carbonyl (C=O) groups is 1. The zero-order chi connectivity index (χ0) is 18.5. The van der Waals surface area contributed by atoms with Gasteiger partial charge in [-0.15, -0.1) is 0 Å². The van der Waals surface area contributed by atoms with Crippen molar-refractivity contribution in [3.05, 3.63) is 47.8 Å². The van der Waals surface area contributed by atoms with Gasteiger partial charge in [0.15, 0.2) is 0 Å². The van der Waals surface area contributed by atoms with Crippen LogP contribution in [-0.4, -0.2) is 59.6 Å². The maximum Gasteiger partial charge on any atom is 0.246 e. The van der Waals surface area contributed by atoms with Crippen LogP contribution in [0.4, 0.5) is 0 Å². The molecule has 1 aliphatic heterocycles. The molecular formula is C19H24N4O3. The number of hydrogen-bond acceptors (Lipinski definition) is 5. The van der Waals surface area contributed by atoms with Crippen molar-refractivity contribution >= 4 is 11.5 Å². The van der Waals surface area contributed by atoms with Crippen LogP contribution in [0.5, 0.6) is 5.75 Å². The third-order valence-electron chi connectivity index (χ3n) is 4.83. The van der Waals surface area contributed by atoms with Crippen molar-refractivity contribution in [2.45, 2.75) is 25.4 Å². The molecule has 2 heterocycles. The van der Waals surface area contributed by atoms with Crippen LogP contribution in [0.3, 0.4) is 0 Å². The van der Waals surface area contributed by atoms with Crippen molar-refractivity contribution in [3.63, 3.8) is 0 Å². The molecular weight excluding hydrogens is 332 g/mol.